The van der Waals surface area contributed by atoms with Gasteiger partial charge in [0.25, 0.3) is 5.91 Å². The Balaban J connectivity index is 2.09. The first-order valence-corrected chi connectivity index (χ1v) is 5.67. The Morgan fingerprint density at radius 2 is 2.26 bits per heavy atom. The van der Waals surface area contributed by atoms with Gasteiger partial charge in [0.1, 0.15) is 17.3 Å². The van der Waals surface area contributed by atoms with Crippen LogP contribution in [0.5, 0.6) is 0 Å². The van der Waals surface area contributed by atoms with Crippen LogP contribution in [0.15, 0.2) is 18.2 Å². The zero-order valence-electron chi connectivity index (χ0n) is 10.7. The average Bonchev–Trinajstić information content (AvgIpc) is 2.83. The van der Waals surface area contributed by atoms with Crippen molar-refractivity contribution in [2.75, 3.05) is 12.5 Å². The van der Waals surface area contributed by atoms with Crippen molar-refractivity contribution in [3.05, 3.63) is 35.5 Å². The number of anilines is 1. The third kappa shape index (κ3) is 3.05. The maximum Gasteiger partial charge on any atom is 0.272 e. The van der Waals surface area contributed by atoms with Crippen molar-refractivity contribution >= 4 is 11.7 Å². The Bertz CT molecular complexity index is 580. The van der Waals surface area contributed by atoms with E-state index in [4.69, 9.17) is 5.84 Å². The molecule has 0 aliphatic rings. The standard InChI is InChI=1S/C11H15N7O/c1-7-13-10(17-16-7)6-18(2)11(19)8-4-3-5-9(14-8)15-12/h3-5H,6,12H2,1-2H3,(H,14,15)(H,13,16,17). The minimum absolute atomic E-state index is 0.223. The number of carbonyl (C=O) groups excluding carboxylic acids is 1. The molecule has 8 nitrogen and oxygen atoms in total. The number of pyridine rings is 1. The van der Waals surface area contributed by atoms with Gasteiger partial charge in [-0.2, -0.15) is 5.10 Å². The molecule has 0 saturated carbocycles. The van der Waals surface area contributed by atoms with Gasteiger partial charge in [0, 0.05) is 7.05 Å². The second kappa shape index (κ2) is 5.44. The molecule has 0 radical (unpaired) electrons. The molecule has 8 heteroatoms. The van der Waals surface area contributed by atoms with Crippen LogP contribution in [0, 0.1) is 6.92 Å². The number of nitrogens with two attached hydrogens (primary N) is 1. The normalized spacial score (nSPS) is 10.3. The molecule has 0 unspecified atom stereocenters. The van der Waals surface area contributed by atoms with E-state index in [1.165, 1.54) is 4.90 Å². The topological polar surface area (TPSA) is 113 Å². The predicted molar refractivity (Wildman–Crippen MR) is 69.0 cm³/mol. The van der Waals surface area contributed by atoms with E-state index in [0.717, 1.165) is 0 Å². The number of nitrogen functional groups attached to an aromatic ring is 1. The molecule has 0 aliphatic heterocycles. The van der Waals surface area contributed by atoms with Crippen molar-refractivity contribution in [2.24, 2.45) is 5.84 Å². The third-order valence-corrected chi connectivity index (χ3v) is 2.48. The smallest absolute Gasteiger partial charge is 0.272 e. The van der Waals surface area contributed by atoms with Crippen LogP contribution in [0.3, 0.4) is 0 Å². The molecule has 0 fully saturated rings. The summed E-state index contributed by atoms with van der Waals surface area (Å²) in [6.07, 6.45) is 0. The van der Waals surface area contributed by atoms with E-state index in [1.807, 2.05) is 0 Å². The number of rotatable bonds is 4. The summed E-state index contributed by atoms with van der Waals surface area (Å²) in [4.78, 5) is 21.9. The Hall–Kier alpha value is -2.48. The van der Waals surface area contributed by atoms with Crippen LogP contribution in [0.2, 0.25) is 0 Å². The summed E-state index contributed by atoms with van der Waals surface area (Å²) in [5, 5.41) is 6.71. The number of hydrogen-bond donors (Lipinski definition) is 3. The molecular formula is C11H15N7O. The van der Waals surface area contributed by atoms with Crippen LogP contribution in [0.25, 0.3) is 0 Å². The van der Waals surface area contributed by atoms with Crippen LogP contribution in [-0.4, -0.2) is 38.0 Å². The molecule has 0 spiro atoms. The summed E-state index contributed by atoms with van der Waals surface area (Å²) in [5.74, 6) is 6.74. The average molecular weight is 261 g/mol. The molecule has 2 heterocycles. The first-order valence-electron chi connectivity index (χ1n) is 5.67. The van der Waals surface area contributed by atoms with Gasteiger partial charge in [0.2, 0.25) is 0 Å². The highest BCUT2D eigenvalue weighted by molar-refractivity contribution is 5.92. The number of hydrogen-bond acceptors (Lipinski definition) is 6. The Morgan fingerprint density at radius 3 is 2.89 bits per heavy atom. The van der Waals surface area contributed by atoms with E-state index in [-0.39, 0.29) is 5.91 Å². The van der Waals surface area contributed by atoms with Crippen molar-refractivity contribution < 1.29 is 4.79 Å². The summed E-state index contributed by atoms with van der Waals surface area (Å²) in [7, 11) is 1.66. The molecule has 2 aromatic rings. The van der Waals surface area contributed by atoms with Crippen LogP contribution in [-0.2, 0) is 6.54 Å². The molecule has 0 atom stereocenters. The number of amides is 1. The number of aromatic nitrogens is 4. The van der Waals surface area contributed by atoms with Gasteiger partial charge in [-0.05, 0) is 19.1 Å². The maximum atomic E-state index is 12.2. The number of carbonyl (C=O) groups is 1. The molecule has 4 N–H and O–H groups in total. The molecule has 1 amide bonds. The van der Waals surface area contributed by atoms with E-state index in [0.29, 0.717) is 29.7 Å². The van der Waals surface area contributed by atoms with Crippen LogP contribution >= 0.6 is 0 Å². The molecule has 2 rings (SSSR count). The molecule has 0 aromatic carbocycles. The molecule has 19 heavy (non-hydrogen) atoms. The quantitative estimate of drug-likeness (QED) is 0.530. The fourth-order valence-corrected chi connectivity index (χ4v) is 1.57. The molecular weight excluding hydrogens is 246 g/mol. The highest BCUT2D eigenvalue weighted by Crippen LogP contribution is 2.07. The van der Waals surface area contributed by atoms with E-state index in [1.54, 1.807) is 32.2 Å². The number of H-pyrrole nitrogens is 1. The Labute approximate surface area is 110 Å². The zero-order chi connectivity index (χ0) is 13.8. The van der Waals surface area contributed by atoms with Gasteiger partial charge in [-0.15, -0.1) is 0 Å². The Morgan fingerprint density at radius 1 is 1.47 bits per heavy atom. The minimum atomic E-state index is -0.223. The molecule has 0 saturated heterocycles. The predicted octanol–water partition coefficient (Wildman–Crippen LogP) is 0.0659. The number of nitrogens with zero attached hydrogens (tertiary/aromatic N) is 4. The van der Waals surface area contributed by atoms with Crippen molar-refractivity contribution in [2.45, 2.75) is 13.5 Å². The number of hydrazine groups is 1. The second-order valence-corrected chi connectivity index (χ2v) is 4.05. The minimum Gasteiger partial charge on any atom is -0.333 e. The first-order chi connectivity index (χ1) is 9.10. The zero-order valence-corrected chi connectivity index (χ0v) is 10.7. The molecule has 0 aliphatic carbocycles. The van der Waals surface area contributed by atoms with Crippen molar-refractivity contribution in [1.29, 1.82) is 0 Å². The lowest BCUT2D eigenvalue weighted by Gasteiger charge is -2.14. The number of aryl methyl sites for hydroxylation is 1. The fourth-order valence-electron chi connectivity index (χ4n) is 1.57. The highest BCUT2D eigenvalue weighted by atomic mass is 16.2. The van der Waals surface area contributed by atoms with Gasteiger partial charge in [0.05, 0.1) is 6.54 Å². The van der Waals surface area contributed by atoms with Gasteiger partial charge < -0.3 is 10.3 Å². The molecule has 0 bridgehead atoms. The Kier molecular flexibility index (Phi) is 3.71. The second-order valence-electron chi connectivity index (χ2n) is 4.05. The van der Waals surface area contributed by atoms with Gasteiger partial charge in [-0.1, -0.05) is 6.07 Å². The number of aromatic amines is 1. The SMILES string of the molecule is Cc1nc(CN(C)C(=O)c2cccc(NN)n2)n[nH]1. The van der Waals surface area contributed by atoms with Gasteiger partial charge in [0.15, 0.2) is 5.82 Å². The van der Waals surface area contributed by atoms with Crippen LogP contribution in [0.1, 0.15) is 22.1 Å². The van der Waals surface area contributed by atoms with Crippen molar-refractivity contribution in [3.63, 3.8) is 0 Å². The van der Waals surface area contributed by atoms with E-state index >= 15 is 0 Å². The highest BCUT2D eigenvalue weighted by Gasteiger charge is 2.15. The van der Waals surface area contributed by atoms with Crippen molar-refractivity contribution in [1.82, 2.24) is 25.1 Å². The largest absolute Gasteiger partial charge is 0.333 e. The van der Waals surface area contributed by atoms with Gasteiger partial charge >= 0.3 is 0 Å². The molecule has 2 aromatic heterocycles. The lowest BCUT2D eigenvalue weighted by molar-refractivity contribution is 0.0776. The summed E-state index contributed by atoms with van der Waals surface area (Å²) in [6.45, 7) is 2.11. The lowest BCUT2D eigenvalue weighted by Crippen LogP contribution is -2.27. The van der Waals surface area contributed by atoms with Crippen LogP contribution in [0.4, 0.5) is 5.82 Å². The summed E-state index contributed by atoms with van der Waals surface area (Å²) >= 11 is 0. The lowest BCUT2D eigenvalue weighted by atomic mass is 10.3. The fraction of sp³-hybridized carbons (Fsp3) is 0.273. The third-order valence-electron chi connectivity index (χ3n) is 2.48. The summed E-state index contributed by atoms with van der Waals surface area (Å²) < 4.78 is 0. The van der Waals surface area contributed by atoms with Gasteiger partial charge in [-0.3, -0.25) is 9.89 Å². The maximum absolute atomic E-state index is 12.2. The van der Waals surface area contributed by atoms with E-state index < -0.39 is 0 Å². The van der Waals surface area contributed by atoms with Gasteiger partial charge in [-0.25, -0.2) is 15.8 Å². The van der Waals surface area contributed by atoms with E-state index in [9.17, 15) is 4.79 Å². The van der Waals surface area contributed by atoms with E-state index in [2.05, 4.69) is 25.6 Å². The van der Waals surface area contributed by atoms with Crippen molar-refractivity contribution in [3.8, 4) is 0 Å². The summed E-state index contributed by atoms with van der Waals surface area (Å²) in [6, 6.07) is 5.01. The first kappa shape index (κ1) is 13.0. The van der Waals surface area contributed by atoms with Crippen LogP contribution < -0.4 is 11.3 Å². The monoisotopic (exact) mass is 261 g/mol. The summed E-state index contributed by atoms with van der Waals surface area (Å²) in [5.41, 5.74) is 2.71. The number of nitrogens with one attached hydrogen (secondary N) is 2. The molecule has 100 valence electrons.